The van der Waals surface area contributed by atoms with Crippen LogP contribution in [-0.2, 0) is 6.54 Å². The maximum Gasteiger partial charge on any atom is 0.119 e. The molecule has 3 rings (SSSR count). The summed E-state index contributed by atoms with van der Waals surface area (Å²) in [6, 6.07) is 18.3. The van der Waals surface area contributed by atoms with Crippen molar-refractivity contribution in [1.29, 1.82) is 0 Å². The highest BCUT2D eigenvalue weighted by atomic mass is 16.5. The number of rotatable bonds is 4. The van der Waals surface area contributed by atoms with Crippen molar-refractivity contribution >= 4 is 5.69 Å². The van der Waals surface area contributed by atoms with Gasteiger partial charge in [-0.05, 0) is 42.7 Å². The maximum atomic E-state index is 6.03. The van der Waals surface area contributed by atoms with E-state index in [2.05, 4.69) is 17.0 Å². The second kappa shape index (κ2) is 6.64. The Kier molecular flexibility index (Phi) is 4.41. The monoisotopic (exact) mass is 282 g/mol. The molecular formula is C18H22N2O. The minimum Gasteiger partial charge on any atom is -0.490 e. The predicted molar refractivity (Wildman–Crippen MR) is 86.2 cm³/mol. The van der Waals surface area contributed by atoms with Gasteiger partial charge in [0.25, 0.3) is 0 Å². The zero-order valence-corrected chi connectivity index (χ0v) is 12.2. The third kappa shape index (κ3) is 3.99. The number of nitrogens with zero attached hydrogens (tertiary/aromatic N) is 1. The van der Waals surface area contributed by atoms with E-state index in [1.807, 2.05) is 42.5 Å². The molecule has 0 aromatic heterocycles. The van der Waals surface area contributed by atoms with Crippen LogP contribution in [-0.4, -0.2) is 24.1 Å². The maximum absolute atomic E-state index is 6.03. The van der Waals surface area contributed by atoms with Crippen molar-refractivity contribution in [3.63, 3.8) is 0 Å². The summed E-state index contributed by atoms with van der Waals surface area (Å²) in [5.41, 5.74) is 7.96. The van der Waals surface area contributed by atoms with Crippen molar-refractivity contribution < 1.29 is 4.74 Å². The van der Waals surface area contributed by atoms with Crippen molar-refractivity contribution in [2.75, 3.05) is 18.8 Å². The van der Waals surface area contributed by atoms with Gasteiger partial charge in [0.1, 0.15) is 11.9 Å². The third-order valence-electron chi connectivity index (χ3n) is 3.94. The fourth-order valence-corrected chi connectivity index (χ4v) is 2.83. The summed E-state index contributed by atoms with van der Waals surface area (Å²) >= 11 is 0. The SMILES string of the molecule is Nc1cccc(CN2CCC(Oc3ccccc3)CC2)c1. The van der Waals surface area contributed by atoms with E-state index < -0.39 is 0 Å². The first-order valence-electron chi connectivity index (χ1n) is 7.58. The number of hydrogen-bond donors (Lipinski definition) is 1. The van der Waals surface area contributed by atoms with Crippen molar-refractivity contribution in [1.82, 2.24) is 4.90 Å². The molecule has 21 heavy (non-hydrogen) atoms. The van der Waals surface area contributed by atoms with Crippen molar-refractivity contribution in [2.24, 2.45) is 0 Å². The Morgan fingerprint density at radius 3 is 2.48 bits per heavy atom. The molecule has 0 amide bonds. The number of para-hydroxylation sites is 1. The van der Waals surface area contributed by atoms with Gasteiger partial charge in [0.2, 0.25) is 0 Å². The average molecular weight is 282 g/mol. The lowest BCUT2D eigenvalue weighted by atomic mass is 10.1. The number of anilines is 1. The normalized spacial score (nSPS) is 16.8. The minimum atomic E-state index is 0.337. The lowest BCUT2D eigenvalue weighted by Crippen LogP contribution is -2.37. The Morgan fingerprint density at radius 2 is 1.76 bits per heavy atom. The van der Waals surface area contributed by atoms with Crippen molar-refractivity contribution in [3.05, 3.63) is 60.2 Å². The van der Waals surface area contributed by atoms with Crippen LogP contribution in [0.25, 0.3) is 0 Å². The number of benzene rings is 2. The molecular weight excluding hydrogens is 260 g/mol. The van der Waals surface area contributed by atoms with Crippen LogP contribution in [0.2, 0.25) is 0 Å². The number of ether oxygens (including phenoxy) is 1. The molecule has 0 saturated carbocycles. The second-order valence-electron chi connectivity index (χ2n) is 5.65. The van der Waals surface area contributed by atoms with Gasteiger partial charge in [-0.25, -0.2) is 0 Å². The number of piperidine rings is 1. The minimum absolute atomic E-state index is 0.337. The van der Waals surface area contributed by atoms with Gasteiger partial charge in [-0.3, -0.25) is 4.90 Å². The van der Waals surface area contributed by atoms with Crippen LogP contribution in [0.15, 0.2) is 54.6 Å². The summed E-state index contributed by atoms with van der Waals surface area (Å²) in [5, 5.41) is 0. The zero-order chi connectivity index (χ0) is 14.5. The highest BCUT2D eigenvalue weighted by Gasteiger charge is 2.20. The molecule has 0 radical (unpaired) electrons. The Bertz CT molecular complexity index is 562. The number of likely N-dealkylation sites (tertiary alicyclic amines) is 1. The highest BCUT2D eigenvalue weighted by Crippen LogP contribution is 2.20. The fourth-order valence-electron chi connectivity index (χ4n) is 2.83. The Labute approximate surface area is 126 Å². The van der Waals surface area contributed by atoms with E-state index in [-0.39, 0.29) is 0 Å². The molecule has 0 aliphatic carbocycles. The molecule has 3 heteroatoms. The molecule has 0 spiro atoms. The van der Waals surface area contributed by atoms with Gasteiger partial charge < -0.3 is 10.5 Å². The topological polar surface area (TPSA) is 38.5 Å². The van der Waals surface area contributed by atoms with Gasteiger partial charge in [-0.1, -0.05) is 30.3 Å². The molecule has 3 nitrogen and oxygen atoms in total. The first-order chi connectivity index (χ1) is 10.3. The van der Waals surface area contributed by atoms with Gasteiger partial charge >= 0.3 is 0 Å². The highest BCUT2D eigenvalue weighted by molar-refractivity contribution is 5.40. The average Bonchev–Trinajstić information content (AvgIpc) is 2.50. The molecule has 110 valence electrons. The van der Waals surface area contributed by atoms with Crippen LogP contribution in [0.1, 0.15) is 18.4 Å². The van der Waals surface area contributed by atoms with Crippen LogP contribution in [0.5, 0.6) is 5.75 Å². The first kappa shape index (κ1) is 14.0. The molecule has 1 aliphatic rings. The standard InChI is InChI=1S/C18H22N2O/c19-16-6-4-5-15(13-16)14-20-11-9-18(10-12-20)21-17-7-2-1-3-8-17/h1-8,13,18H,9-12,14,19H2. The molecule has 2 aromatic carbocycles. The fraction of sp³-hybridized carbons (Fsp3) is 0.333. The zero-order valence-electron chi connectivity index (χ0n) is 12.2. The van der Waals surface area contributed by atoms with E-state index in [1.54, 1.807) is 0 Å². The third-order valence-corrected chi connectivity index (χ3v) is 3.94. The van der Waals surface area contributed by atoms with Gasteiger partial charge in [-0.15, -0.1) is 0 Å². The van der Waals surface area contributed by atoms with Crippen molar-refractivity contribution in [2.45, 2.75) is 25.5 Å². The Balaban J connectivity index is 1.49. The van der Waals surface area contributed by atoms with Crippen LogP contribution in [0, 0.1) is 0 Å². The summed E-state index contributed by atoms with van der Waals surface area (Å²) in [6.07, 6.45) is 2.50. The molecule has 0 bridgehead atoms. The van der Waals surface area contributed by atoms with E-state index in [4.69, 9.17) is 10.5 Å². The Hall–Kier alpha value is -2.00. The molecule has 1 fully saturated rings. The number of hydrogen-bond acceptors (Lipinski definition) is 3. The number of nitrogens with two attached hydrogens (primary N) is 1. The molecule has 2 N–H and O–H groups in total. The van der Waals surface area contributed by atoms with Crippen molar-refractivity contribution in [3.8, 4) is 5.75 Å². The lowest BCUT2D eigenvalue weighted by Gasteiger charge is -2.32. The second-order valence-corrected chi connectivity index (χ2v) is 5.65. The molecule has 0 atom stereocenters. The van der Waals surface area contributed by atoms with Gasteiger partial charge in [0, 0.05) is 25.3 Å². The van der Waals surface area contributed by atoms with Crippen LogP contribution in [0.3, 0.4) is 0 Å². The van der Waals surface area contributed by atoms with Gasteiger partial charge in [0.05, 0.1) is 0 Å². The van der Waals surface area contributed by atoms with E-state index in [0.29, 0.717) is 6.10 Å². The van der Waals surface area contributed by atoms with E-state index in [1.165, 1.54) is 5.56 Å². The predicted octanol–water partition coefficient (Wildman–Crippen LogP) is 3.31. The summed E-state index contributed by atoms with van der Waals surface area (Å²) in [4.78, 5) is 2.47. The van der Waals surface area contributed by atoms with Crippen LogP contribution < -0.4 is 10.5 Å². The molecule has 1 aliphatic heterocycles. The molecule has 0 unspecified atom stereocenters. The molecule has 1 heterocycles. The quantitative estimate of drug-likeness (QED) is 0.874. The number of nitrogen functional groups attached to an aromatic ring is 1. The van der Waals surface area contributed by atoms with Crippen LogP contribution >= 0.6 is 0 Å². The van der Waals surface area contributed by atoms with Gasteiger partial charge in [-0.2, -0.15) is 0 Å². The molecule has 2 aromatic rings. The van der Waals surface area contributed by atoms with E-state index in [0.717, 1.165) is 43.9 Å². The molecule has 1 saturated heterocycles. The smallest absolute Gasteiger partial charge is 0.119 e. The van der Waals surface area contributed by atoms with E-state index >= 15 is 0 Å². The van der Waals surface area contributed by atoms with Gasteiger partial charge in [0.15, 0.2) is 0 Å². The largest absolute Gasteiger partial charge is 0.490 e. The summed E-state index contributed by atoms with van der Waals surface area (Å²) in [7, 11) is 0. The lowest BCUT2D eigenvalue weighted by molar-refractivity contribution is 0.0968. The Morgan fingerprint density at radius 1 is 1.00 bits per heavy atom. The summed E-state index contributed by atoms with van der Waals surface area (Å²) in [5.74, 6) is 0.979. The van der Waals surface area contributed by atoms with E-state index in [9.17, 15) is 0 Å². The summed E-state index contributed by atoms with van der Waals surface area (Å²) < 4.78 is 6.03. The first-order valence-corrected chi connectivity index (χ1v) is 7.58. The summed E-state index contributed by atoms with van der Waals surface area (Å²) in [6.45, 7) is 3.13. The van der Waals surface area contributed by atoms with Crippen LogP contribution in [0.4, 0.5) is 5.69 Å².